The van der Waals surface area contributed by atoms with Gasteiger partial charge in [-0.05, 0) is 37.3 Å². The smallest absolute Gasteiger partial charge is 0.147 e. The highest BCUT2D eigenvalue weighted by molar-refractivity contribution is 7.90. The molecule has 6 heteroatoms. The maximum atomic E-state index is 11.1. The summed E-state index contributed by atoms with van der Waals surface area (Å²) in [7, 11) is -2.88. The minimum Gasteiger partial charge on any atom is -0.309 e. The van der Waals surface area contributed by atoms with Crippen LogP contribution in [0.4, 0.5) is 0 Å². The standard InChI is InChI=1S/C12H20ClNO2S2/c1-3-7-14-11(5-4-9-18(2,15)16)12-10(13)6-8-17-12/h6,8,11,14H,3-5,7,9H2,1-2H3. The molecule has 0 bridgehead atoms. The molecule has 1 heterocycles. The molecule has 1 aromatic rings. The van der Waals surface area contributed by atoms with Crippen LogP contribution in [0.2, 0.25) is 5.02 Å². The van der Waals surface area contributed by atoms with Crippen LogP contribution in [0, 0.1) is 0 Å². The van der Waals surface area contributed by atoms with Crippen molar-refractivity contribution in [2.45, 2.75) is 32.2 Å². The summed E-state index contributed by atoms with van der Waals surface area (Å²) >= 11 is 7.76. The normalized spacial score (nSPS) is 13.7. The van der Waals surface area contributed by atoms with E-state index < -0.39 is 9.84 Å². The Labute approximate surface area is 118 Å². The van der Waals surface area contributed by atoms with Crippen LogP contribution in [0.3, 0.4) is 0 Å². The predicted molar refractivity (Wildman–Crippen MR) is 79.3 cm³/mol. The Hall–Kier alpha value is -0.100. The minimum absolute atomic E-state index is 0.166. The van der Waals surface area contributed by atoms with Crippen LogP contribution >= 0.6 is 22.9 Å². The molecule has 0 aliphatic carbocycles. The fraction of sp³-hybridized carbons (Fsp3) is 0.667. The number of rotatable bonds is 8. The lowest BCUT2D eigenvalue weighted by molar-refractivity contribution is 0.499. The van der Waals surface area contributed by atoms with E-state index in [0.29, 0.717) is 6.42 Å². The molecule has 3 nitrogen and oxygen atoms in total. The topological polar surface area (TPSA) is 46.2 Å². The van der Waals surface area contributed by atoms with Gasteiger partial charge in [-0.25, -0.2) is 8.42 Å². The summed E-state index contributed by atoms with van der Waals surface area (Å²) in [4.78, 5) is 1.11. The fourth-order valence-corrected chi connectivity index (χ4v) is 3.74. The van der Waals surface area contributed by atoms with Gasteiger partial charge < -0.3 is 5.32 Å². The van der Waals surface area contributed by atoms with Crippen LogP contribution in [0.1, 0.15) is 37.1 Å². The van der Waals surface area contributed by atoms with E-state index in [4.69, 9.17) is 11.6 Å². The van der Waals surface area contributed by atoms with Gasteiger partial charge in [0.25, 0.3) is 0 Å². The second kappa shape index (κ2) is 7.48. The van der Waals surface area contributed by atoms with Gasteiger partial charge in [0.1, 0.15) is 9.84 Å². The zero-order chi connectivity index (χ0) is 13.6. The molecule has 0 radical (unpaired) electrons. The largest absolute Gasteiger partial charge is 0.309 e. The van der Waals surface area contributed by atoms with Gasteiger partial charge >= 0.3 is 0 Å². The quantitative estimate of drug-likeness (QED) is 0.801. The summed E-state index contributed by atoms with van der Waals surface area (Å²) in [5, 5.41) is 6.17. The van der Waals surface area contributed by atoms with Crippen molar-refractivity contribution in [2.24, 2.45) is 0 Å². The average Bonchev–Trinajstić information content (AvgIpc) is 2.68. The number of nitrogens with one attached hydrogen (secondary N) is 1. The predicted octanol–water partition coefficient (Wildman–Crippen LogP) is 3.27. The number of sulfone groups is 1. The summed E-state index contributed by atoms with van der Waals surface area (Å²) < 4.78 is 22.3. The molecule has 0 fully saturated rings. The summed E-state index contributed by atoms with van der Waals surface area (Å²) in [5.74, 6) is 0.236. The first kappa shape index (κ1) is 16.0. The molecule has 0 amide bonds. The zero-order valence-corrected chi connectivity index (χ0v) is 13.2. The zero-order valence-electron chi connectivity index (χ0n) is 10.8. The van der Waals surface area contributed by atoms with E-state index >= 15 is 0 Å². The van der Waals surface area contributed by atoms with Crippen LogP contribution in [0.25, 0.3) is 0 Å². The van der Waals surface area contributed by atoms with Gasteiger partial charge in [-0.1, -0.05) is 18.5 Å². The van der Waals surface area contributed by atoms with Crippen LogP contribution in [0.5, 0.6) is 0 Å². The Morgan fingerprint density at radius 2 is 2.22 bits per heavy atom. The summed E-state index contributed by atoms with van der Waals surface area (Å²) in [6, 6.07) is 2.05. The summed E-state index contributed by atoms with van der Waals surface area (Å²) in [5.41, 5.74) is 0. The van der Waals surface area contributed by atoms with Crippen LogP contribution in [0.15, 0.2) is 11.4 Å². The third kappa shape index (κ3) is 5.69. The summed E-state index contributed by atoms with van der Waals surface area (Å²) in [6.07, 6.45) is 3.78. The van der Waals surface area contributed by atoms with E-state index in [-0.39, 0.29) is 11.8 Å². The van der Waals surface area contributed by atoms with Gasteiger partial charge in [0, 0.05) is 22.9 Å². The number of hydrogen-bond acceptors (Lipinski definition) is 4. The highest BCUT2D eigenvalue weighted by Crippen LogP contribution is 2.31. The third-order valence-electron chi connectivity index (χ3n) is 2.61. The van der Waals surface area contributed by atoms with E-state index in [1.54, 1.807) is 11.3 Å². The average molecular weight is 310 g/mol. The fourth-order valence-electron chi connectivity index (χ4n) is 1.75. The first-order chi connectivity index (χ1) is 8.44. The third-order valence-corrected chi connectivity index (χ3v) is 5.11. The lowest BCUT2D eigenvalue weighted by Gasteiger charge is -2.17. The maximum absolute atomic E-state index is 11.1. The molecular formula is C12H20ClNO2S2. The highest BCUT2D eigenvalue weighted by Gasteiger charge is 2.16. The number of thiophene rings is 1. The van der Waals surface area contributed by atoms with Crippen LogP contribution < -0.4 is 5.32 Å². The highest BCUT2D eigenvalue weighted by atomic mass is 35.5. The Morgan fingerprint density at radius 3 is 2.72 bits per heavy atom. The van der Waals surface area contributed by atoms with Gasteiger partial charge in [0.15, 0.2) is 0 Å². The molecule has 1 aromatic heterocycles. The van der Waals surface area contributed by atoms with E-state index in [1.807, 2.05) is 11.4 Å². The van der Waals surface area contributed by atoms with Gasteiger partial charge in [-0.15, -0.1) is 11.3 Å². The molecule has 1 unspecified atom stereocenters. The lowest BCUT2D eigenvalue weighted by Crippen LogP contribution is -2.22. The van der Waals surface area contributed by atoms with Crippen molar-refractivity contribution in [3.63, 3.8) is 0 Å². The van der Waals surface area contributed by atoms with Crippen molar-refractivity contribution in [3.05, 3.63) is 21.3 Å². The first-order valence-electron chi connectivity index (χ1n) is 6.08. The van der Waals surface area contributed by atoms with Gasteiger partial charge in [0.2, 0.25) is 0 Å². The summed E-state index contributed by atoms with van der Waals surface area (Å²) in [6.45, 7) is 3.02. The van der Waals surface area contributed by atoms with Gasteiger partial charge in [-0.2, -0.15) is 0 Å². The van der Waals surface area contributed by atoms with E-state index in [9.17, 15) is 8.42 Å². The van der Waals surface area contributed by atoms with Crippen molar-refractivity contribution in [1.82, 2.24) is 5.32 Å². The molecule has 0 aliphatic heterocycles. The first-order valence-corrected chi connectivity index (χ1v) is 9.40. The van der Waals surface area contributed by atoms with Crippen molar-refractivity contribution < 1.29 is 8.42 Å². The molecule has 0 spiro atoms. The lowest BCUT2D eigenvalue weighted by atomic mass is 10.1. The Balaban J connectivity index is 2.59. The molecule has 0 saturated carbocycles. The molecular weight excluding hydrogens is 290 g/mol. The molecule has 0 aliphatic rings. The monoisotopic (exact) mass is 309 g/mol. The second-order valence-electron chi connectivity index (χ2n) is 4.41. The molecule has 18 heavy (non-hydrogen) atoms. The van der Waals surface area contributed by atoms with Crippen molar-refractivity contribution in [1.29, 1.82) is 0 Å². The number of halogens is 1. The van der Waals surface area contributed by atoms with E-state index in [0.717, 1.165) is 29.3 Å². The van der Waals surface area contributed by atoms with Crippen LogP contribution in [-0.2, 0) is 9.84 Å². The van der Waals surface area contributed by atoms with Gasteiger partial charge in [0.05, 0.1) is 5.02 Å². The van der Waals surface area contributed by atoms with Crippen molar-refractivity contribution in [3.8, 4) is 0 Å². The molecule has 0 aromatic carbocycles. The van der Waals surface area contributed by atoms with E-state index in [1.165, 1.54) is 6.26 Å². The Bertz CT molecular complexity index is 456. The number of hydrogen-bond donors (Lipinski definition) is 1. The molecule has 0 saturated heterocycles. The molecule has 1 rings (SSSR count). The molecule has 104 valence electrons. The van der Waals surface area contributed by atoms with Crippen molar-refractivity contribution in [2.75, 3.05) is 18.6 Å². The molecule has 1 atom stereocenters. The van der Waals surface area contributed by atoms with Gasteiger partial charge in [-0.3, -0.25) is 0 Å². The second-order valence-corrected chi connectivity index (χ2v) is 8.03. The molecule has 1 N–H and O–H groups in total. The van der Waals surface area contributed by atoms with E-state index in [2.05, 4.69) is 12.2 Å². The van der Waals surface area contributed by atoms with Crippen LogP contribution in [-0.4, -0.2) is 27.0 Å². The Kier molecular flexibility index (Phi) is 6.63. The van der Waals surface area contributed by atoms with Crippen molar-refractivity contribution >= 4 is 32.8 Å². The Morgan fingerprint density at radius 1 is 1.50 bits per heavy atom. The SMILES string of the molecule is CCCNC(CCCS(C)(=O)=O)c1sccc1Cl. The minimum atomic E-state index is -2.88. The maximum Gasteiger partial charge on any atom is 0.147 e.